The van der Waals surface area contributed by atoms with Crippen molar-refractivity contribution < 1.29 is 19.1 Å². The number of carbonyl (C=O) groups excluding carboxylic acids is 2. The van der Waals surface area contributed by atoms with Crippen molar-refractivity contribution in [2.45, 2.75) is 52.4 Å². The van der Waals surface area contributed by atoms with Crippen LogP contribution in [0.3, 0.4) is 0 Å². The zero-order valence-corrected chi connectivity index (χ0v) is 19.5. The van der Waals surface area contributed by atoms with E-state index < -0.39 is 5.91 Å². The quantitative estimate of drug-likeness (QED) is 0.630. The third-order valence-electron chi connectivity index (χ3n) is 5.44. The molecule has 0 aromatic heterocycles. The number of nitrogens with two attached hydrogens (primary N) is 1. The number of hydrogen-bond acceptors (Lipinski definition) is 4. The number of nitrogens with one attached hydrogen (secondary N) is 1. The molecule has 0 heterocycles. The van der Waals surface area contributed by atoms with Crippen LogP contribution in [-0.4, -0.2) is 26.0 Å². The highest BCUT2D eigenvalue weighted by molar-refractivity contribution is 5.97. The van der Waals surface area contributed by atoms with Gasteiger partial charge in [-0.3, -0.25) is 9.59 Å². The highest BCUT2D eigenvalue weighted by Crippen LogP contribution is 2.37. The minimum absolute atomic E-state index is 0.0572. The maximum Gasteiger partial charge on any atom is 0.248 e. The SMILES string of the molecule is COc1ccc(C(CC(=O)Nc2cc(C(N)=O)ccc2C(C)(C)C)C(C)C)c(OC)c1. The summed E-state index contributed by atoms with van der Waals surface area (Å²) in [4.78, 5) is 24.8. The lowest BCUT2D eigenvalue weighted by Crippen LogP contribution is -2.23. The molecule has 0 saturated carbocycles. The summed E-state index contributed by atoms with van der Waals surface area (Å²) >= 11 is 0. The second kappa shape index (κ2) is 9.86. The van der Waals surface area contributed by atoms with E-state index in [4.69, 9.17) is 15.2 Å². The van der Waals surface area contributed by atoms with Crippen LogP contribution < -0.4 is 20.5 Å². The molecule has 1 atom stereocenters. The Hall–Kier alpha value is -3.02. The Bertz CT molecular complexity index is 945. The van der Waals surface area contributed by atoms with E-state index in [0.29, 0.717) is 22.7 Å². The Morgan fingerprint density at radius 3 is 2.23 bits per heavy atom. The minimum Gasteiger partial charge on any atom is -0.497 e. The molecule has 2 rings (SSSR count). The molecule has 0 bridgehead atoms. The lowest BCUT2D eigenvalue weighted by molar-refractivity contribution is -0.116. The van der Waals surface area contributed by atoms with Crippen molar-refractivity contribution in [2.75, 3.05) is 19.5 Å². The van der Waals surface area contributed by atoms with Crippen LogP contribution in [0, 0.1) is 5.92 Å². The second-order valence-electron chi connectivity index (χ2n) is 9.09. The van der Waals surface area contributed by atoms with Gasteiger partial charge in [0.15, 0.2) is 0 Å². The molecular formula is C25H34N2O4. The zero-order chi connectivity index (χ0) is 23.3. The molecule has 1 unspecified atom stereocenters. The van der Waals surface area contributed by atoms with Crippen LogP contribution in [0.15, 0.2) is 36.4 Å². The van der Waals surface area contributed by atoms with Crippen molar-refractivity contribution in [3.05, 3.63) is 53.1 Å². The third kappa shape index (κ3) is 6.00. The van der Waals surface area contributed by atoms with Gasteiger partial charge in [-0.2, -0.15) is 0 Å². The number of primary amides is 1. The van der Waals surface area contributed by atoms with Crippen LogP contribution in [0.5, 0.6) is 11.5 Å². The summed E-state index contributed by atoms with van der Waals surface area (Å²) < 4.78 is 10.9. The van der Waals surface area contributed by atoms with Crippen LogP contribution >= 0.6 is 0 Å². The molecule has 2 aromatic carbocycles. The number of anilines is 1. The van der Waals surface area contributed by atoms with Crippen molar-refractivity contribution >= 4 is 17.5 Å². The molecule has 2 aromatic rings. The first-order valence-corrected chi connectivity index (χ1v) is 10.4. The monoisotopic (exact) mass is 426 g/mol. The maximum absolute atomic E-state index is 13.1. The first-order valence-electron chi connectivity index (χ1n) is 10.4. The van der Waals surface area contributed by atoms with Crippen molar-refractivity contribution in [1.82, 2.24) is 0 Å². The van der Waals surface area contributed by atoms with Gasteiger partial charge in [0.1, 0.15) is 11.5 Å². The molecule has 31 heavy (non-hydrogen) atoms. The van der Waals surface area contributed by atoms with Gasteiger partial charge in [-0.15, -0.1) is 0 Å². The summed E-state index contributed by atoms with van der Waals surface area (Å²) in [5, 5.41) is 3.02. The third-order valence-corrected chi connectivity index (χ3v) is 5.44. The Balaban J connectivity index is 2.35. The Kier molecular flexibility index (Phi) is 7.71. The van der Waals surface area contributed by atoms with Gasteiger partial charge in [-0.05, 0) is 46.6 Å². The molecule has 3 N–H and O–H groups in total. The topological polar surface area (TPSA) is 90.6 Å². The van der Waals surface area contributed by atoms with Gasteiger partial charge in [0, 0.05) is 23.7 Å². The fraction of sp³-hybridized carbons (Fsp3) is 0.440. The Morgan fingerprint density at radius 1 is 1.03 bits per heavy atom. The van der Waals surface area contributed by atoms with E-state index in [1.54, 1.807) is 26.4 Å². The van der Waals surface area contributed by atoms with Gasteiger partial charge in [0.25, 0.3) is 0 Å². The minimum atomic E-state index is -0.529. The summed E-state index contributed by atoms with van der Waals surface area (Å²) in [6.45, 7) is 10.3. The van der Waals surface area contributed by atoms with Crippen LogP contribution in [0.4, 0.5) is 5.69 Å². The first-order chi connectivity index (χ1) is 14.5. The molecule has 0 aliphatic carbocycles. The van der Waals surface area contributed by atoms with Gasteiger partial charge >= 0.3 is 0 Å². The van der Waals surface area contributed by atoms with Crippen LogP contribution in [0.2, 0.25) is 0 Å². The smallest absolute Gasteiger partial charge is 0.248 e. The van der Waals surface area contributed by atoms with E-state index >= 15 is 0 Å². The number of amides is 2. The van der Waals surface area contributed by atoms with Crippen LogP contribution in [0.25, 0.3) is 0 Å². The van der Waals surface area contributed by atoms with E-state index in [2.05, 4.69) is 39.9 Å². The van der Waals surface area contributed by atoms with Crippen LogP contribution in [-0.2, 0) is 10.2 Å². The molecule has 0 aliphatic rings. The molecular weight excluding hydrogens is 392 g/mol. The van der Waals surface area contributed by atoms with Crippen molar-refractivity contribution in [3.63, 3.8) is 0 Å². The number of benzene rings is 2. The molecule has 168 valence electrons. The van der Waals surface area contributed by atoms with E-state index in [0.717, 1.165) is 11.1 Å². The average Bonchev–Trinajstić information content (AvgIpc) is 2.70. The van der Waals surface area contributed by atoms with Gasteiger partial charge < -0.3 is 20.5 Å². The van der Waals surface area contributed by atoms with Gasteiger partial charge in [0.05, 0.1) is 14.2 Å². The van der Waals surface area contributed by atoms with E-state index in [-0.39, 0.29) is 29.6 Å². The molecule has 6 heteroatoms. The zero-order valence-electron chi connectivity index (χ0n) is 19.5. The fourth-order valence-electron chi connectivity index (χ4n) is 3.69. The molecule has 0 spiro atoms. The predicted molar refractivity (Wildman–Crippen MR) is 124 cm³/mol. The summed E-state index contributed by atoms with van der Waals surface area (Å²) in [5.41, 5.74) is 8.10. The number of methoxy groups -OCH3 is 2. The van der Waals surface area contributed by atoms with Crippen molar-refractivity contribution in [2.24, 2.45) is 11.7 Å². The maximum atomic E-state index is 13.1. The first kappa shape index (κ1) is 24.3. The number of hydrogen-bond donors (Lipinski definition) is 2. The number of ether oxygens (including phenoxy) is 2. The highest BCUT2D eigenvalue weighted by Gasteiger charge is 2.25. The van der Waals surface area contributed by atoms with E-state index in [9.17, 15) is 9.59 Å². The highest BCUT2D eigenvalue weighted by atomic mass is 16.5. The molecule has 0 aliphatic heterocycles. The number of carbonyl (C=O) groups is 2. The molecule has 0 fully saturated rings. The van der Waals surface area contributed by atoms with Gasteiger partial charge in [-0.25, -0.2) is 0 Å². The fourth-order valence-corrected chi connectivity index (χ4v) is 3.69. The summed E-state index contributed by atoms with van der Waals surface area (Å²) in [5.74, 6) is 0.871. The van der Waals surface area contributed by atoms with E-state index in [1.165, 1.54) is 0 Å². The van der Waals surface area contributed by atoms with Gasteiger partial charge in [-0.1, -0.05) is 46.8 Å². The standard InChI is InChI=1S/C25H34N2O4/c1-15(2)19(18-10-9-17(30-6)13-22(18)31-7)14-23(28)27-21-12-16(24(26)29)8-11-20(21)25(3,4)5/h8-13,15,19H,14H2,1-7H3,(H2,26,29)(H,27,28). The predicted octanol–water partition coefficient (Wildman–Crippen LogP) is 4.87. The molecule has 2 amide bonds. The lowest BCUT2D eigenvalue weighted by atomic mass is 9.84. The van der Waals surface area contributed by atoms with Crippen LogP contribution in [0.1, 0.15) is 68.4 Å². The Labute approximate surface area is 185 Å². The summed E-state index contributed by atoms with van der Waals surface area (Å²) in [6, 6.07) is 10.8. The normalized spacial score (nSPS) is 12.4. The molecule has 0 radical (unpaired) electrons. The summed E-state index contributed by atoms with van der Waals surface area (Å²) in [7, 11) is 3.22. The number of rotatable bonds is 8. The molecule has 6 nitrogen and oxygen atoms in total. The van der Waals surface area contributed by atoms with Gasteiger partial charge in [0.2, 0.25) is 11.8 Å². The largest absolute Gasteiger partial charge is 0.497 e. The lowest BCUT2D eigenvalue weighted by Gasteiger charge is -2.26. The van der Waals surface area contributed by atoms with E-state index in [1.807, 2.05) is 24.3 Å². The Morgan fingerprint density at radius 2 is 1.71 bits per heavy atom. The summed E-state index contributed by atoms with van der Waals surface area (Å²) in [6.07, 6.45) is 0.269. The van der Waals surface area contributed by atoms with Crippen molar-refractivity contribution in [1.29, 1.82) is 0 Å². The van der Waals surface area contributed by atoms with Crippen molar-refractivity contribution in [3.8, 4) is 11.5 Å². The second-order valence-corrected chi connectivity index (χ2v) is 9.09. The average molecular weight is 427 g/mol. The molecule has 0 saturated heterocycles.